The van der Waals surface area contributed by atoms with Crippen LogP contribution < -0.4 is 16.0 Å². The van der Waals surface area contributed by atoms with Gasteiger partial charge < -0.3 is 10.2 Å². The maximum absolute atomic E-state index is 13.2. The highest BCUT2D eigenvalue weighted by molar-refractivity contribution is 5.48. The quantitative estimate of drug-likeness (QED) is 0.518. The first-order valence-electron chi connectivity index (χ1n) is 5.65. The maximum Gasteiger partial charge on any atom is 0.419 e. The molecule has 2 aromatic rings. The first-order chi connectivity index (χ1) is 9.82. The van der Waals surface area contributed by atoms with Gasteiger partial charge in [0.05, 0.1) is 11.1 Å². The van der Waals surface area contributed by atoms with Crippen LogP contribution in [-0.2, 0) is 6.18 Å². The zero-order valence-corrected chi connectivity index (χ0v) is 10.7. The average molecular weight is 302 g/mol. The molecule has 0 fully saturated rings. The largest absolute Gasteiger partial charge is 0.439 e. The average Bonchev–Trinajstić information content (AvgIpc) is 2.42. The Morgan fingerprint density at radius 1 is 1.24 bits per heavy atom. The predicted molar refractivity (Wildman–Crippen MR) is 66.1 cm³/mol. The molecule has 0 unspecified atom stereocenters. The van der Waals surface area contributed by atoms with Crippen LogP contribution in [0.4, 0.5) is 23.4 Å². The molecule has 5 nitrogen and oxygen atoms in total. The summed E-state index contributed by atoms with van der Waals surface area (Å²) in [7, 11) is 0. The van der Waals surface area contributed by atoms with Crippen molar-refractivity contribution in [2.75, 3.05) is 5.43 Å². The summed E-state index contributed by atoms with van der Waals surface area (Å²) < 4.78 is 56.3. The smallest absolute Gasteiger partial charge is 0.419 e. The van der Waals surface area contributed by atoms with Crippen molar-refractivity contribution in [1.29, 1.82) is 0 Å². The third-order valence-electron chi connectivity index (χ3n) is 2.63. The Labute approximate surface area is 116 Å². The topological polar surface area (TPSA) is 73.1 Å². The number of aromatic nitrogens is 2. The number of benzene rings is 1. The van der Waals surface area contributed by atoms with Gasteiger partial charge in [-0.3, -0.25) is 0 Å². The number of alkyl halides is 3. The Balaban J connectivity index is 2.37. The summed E-state index contributed by atoms with van der Waals surface area (Å²) in [5.74, 6) is 3.92. The fourth-order valence-electron chi connectivity index (χ4n) is 1.58. The minimum absolute atomic E-state index is 0.0117. The molecule has 1 aromatic heterocycles. The highest BCUT2D eigenvalue weighted by atomic mass is 19.4. The first-order valence-corrected chi connectivity index (χ1v) is 5.65. The van der Waals surface area contributed by atoms with E-state index in [9.17, 15) is 17.6 Å². The van der Waals surface area contributed by atoms with Crippen LogP contribution in [0, 0.1) is 12.7 Å². The molecule has 0 aliphatic heterocycles. The van der Waals surface area contributed by atoms with E-state index in [4.69, 9.17) is 10.6 Å². The number of hydrogen-bond donors (Lipinski definition) is 2. The van der Waals surface area contributed by atoms with Crippen LogP contribution in [0.2, 0.25) is 0 Å². The van der Waals surface area contributed by atoms with Crippen molar-refractivity contribution in [2.24, 2.45) is 5.84 Å². The standard InChI is InChI=1S/C12H10F4N4O/c1-6-10(20-17)18-5-19-11(6)21-7-2-3-9(13)8(4-7)12(14,15)16/h2-5H,17H2,1H3,(H,18,19,20). The molecule has 3 N–H and O–H groups in total. The van der Waals surface area contributed by atoms with E-state index in [1.165, 1.54) is 0 Å². The zero-order valence-electron chi connectivity index (χ0n) is 10.7. The Bertz CT molecular complexity index is 660. The van der Waals surface area contributed by atoms with Gasteiger partial charge in [0.2, 0.25) is 5.88 Å². The molecule has 0 saturated carbocycles. The number of hydrazine groups is 1. The van der Waals surface area contributed by atoms with Gasteiger partial charge >= 0.3 is 6.18 Å². The number of nitrogens with one attached hydrogen (secondary N) is 1. The second-order valence-corrected chi connectivity index (χ2v) is 4.04. The van der Waals surface area contributed by atoms with Crippen LogP contribution in [0.25, 0.3) is 0 Å². The van der Waals surface area contributed by atoms with Gasteiger partial charge in [0.1, 0.15) is 23.7 Å². The molecular formula is C12H10F4N4O. The summed E-state index contributed by atoms with van der Waals surface area (Å²) >= 11 is 0. The van der Waals surface area contributed by atoms with Crippen LogP contribution in [0.5, 0.6) is 11.6 Å². The molecule has 1 aromatic carbocycles. The van der Waals surface area contributed by atoms with Gasteiger partial charge in [0.15, 0.2) is 0 Å². The summed E-state index contributed by atoms with van der Waals surface area (Å²) in [5.41, 5.74) is 1.28. The first kappa shape index (κ1) is 15.0. The van der Waals surface area contributed by atoms with Crippen LogP contribution >= 0.6 is 0 Å². The molecule has 1 heterocycles. The number of hydrogen-bond acceptors (Lipinski definition) is 5. The SMILES string of the molecule is Cc1c(NN)ncnc1Oc1ccc(F)c(C(F)(F)F)c1. The molecule has 0 radical (unpaired) electrons. The third kappa shape index (κ3) is 3.19. The predicted octanol–water partition coefficient (Wildman–Crippen LogP) is 3.02. The summed E-state index contributed by atoms with van der Waals surface area (Å²) in [4.78, 5) is 7.60. The van der Waals surface area contributed by atoms with Gasteiger partial charge in [-0.05, 0) is 25.1 Å². The number of ether oxygens (including phenoxy) is 1. The van der Waals surface area contributed by atoms with Gasteiger partial charge in [0, 0.05) is 0 Å². The van der Waals surface area contributed by atoms with E-state index in [0.717, 1.165) is 12.4 Å². The lowest BCUT2D eigenvalue weighted by atomic mass is 10.2. The lowest BCUT2D eigenvalue weighted by Crippen LogP contribution is -2.11. The Hall–Kier alpha value is -2.42. The fourth-order valence-corrected chi connectivity index (χ4v) is 1.58. The molecule has 112 valence electrons. The van der Waals surface area contributed by atoms with Crippen molar-refractivity contribution in [1.82, 2.24) is 9.97 Å². The molecule has 0 bridgehead atoms. The molecule has 0 atom stereocenters. The van der Waals surface area contributed by atoms with E-state index in [2.05, 4.69) is 15.4 Å². The monoisotopic (exact) mass is 302 g/mol. The summed E-state index contributed by atoms with van der Waals surface area (Å²) in [5, 5.41) is 0. The van der Waals surface area contributed by atoms with Crippen molar-refractivity contribution >= 4 is 5.82 Å². The maximum atomic E-state index is 13.2. The van der Waals surface area contributed by atoms with Crippen molar-refractivity contribution in [3.05, 3.63) is 41.5 Å². The van der Waals surface area contributed by atoms with E-state index in [0.29, 0.717) is 17.7 Å². The summed E-state index contributed by atoms with van der Waals surface area (Å²) in [6, 6.07) is 2.31. The van der Waals surface area contributed by atoms with Gasteiger partial charge in [-0.15, -0.1) is 0 Å². The van der Waals surface area contributed by atoms with Crippen LogP contribution in [0.15, 0.2) is 24.5 Å². The molecule has 21 heavy (non-hydrogen) atoms. The van der Waals surface area contributed by atoms with Gasteiger partial charge in [0.25, 0.3) is 0 Å². The Kier molecular flexibility index (Phi) is 3.94. The van der Waals surface area contributed by atoms with Crippen molar-refractivity contribution in [2.45, 2.75) is 13.1 Å². The van der Waals surface area contributed by atoms with Crippen molar-refractivity contribution in [3.8, 4) is 11.6 Å². The number of nitrogens with two attached hydrogens (primary N) is 1. The normalized spacial score (nSPS) is 11.3. The van der Waals surface area contributed by atoms with E-state index in [1.807, 2.05) is 0 Å². The molecule has 2 rings (SSSR count). The molecule has 0 spiro atoms. The van der Waals surface area contributed by atoms with E-state index >= 15 is 0 Å². The fraction of sp³-hybridized carbons (Fsp3) is 0.167. The van der Waals surface area contributed by atoms with E-state index < -0.39 is 17.6 Å². The zero-order chi connectivity index (χ0) is 15.6. The molecule has 0 saturated heterocycles. The highest BCUT2D eigenvalue weighted by Crippen LogP contribution is 2.35. The van der Waals surface area contributed by atoms with Crippen LogP contribution in [0.3, 0.4) is 0 Å². The summed E-state index contributed by atoms with van der Waals surface area (Å²) in [6.45, 7) is 1.57. The second kappa shape index (κ2) is 5.52. The molecule has 0 aliphatic carbocycles. The number of anilines is 1. The van der Waals surface area contributed by atoms with Crippen LogP contribution in [-0.4, -0.2) is 9.97 Å². The lowest BCUT2D eigenvalue weighted by Gasteiger charge is -2.12. The number of nitrogens with zero attached hydrogens (tertiary/aromatic N) is 2. The van der Waals surface area contributed by atoms with E-state index in [-0.39, 0.29) is 17.4 Å². The molecule has 9 heteroatoms. The Morgan fingerprint density at radius 3 is 2.57 bits per heavy atom. The molecule has 0 aliphatic rings. The molecule has 0 amide bonds. The minimum Gasteiger partial charge on any atom is -0.439 e. The lowest BCUT2D eigenvalue weighted by molar-refractivity contribution is -0.140. The third-order valence-corrected chi connectivity index (χ3v) is 2.63. The van der Waals surface area contributed by atoms with Crippen molar-refractivity contribution < 1.29 is 22.3 Å². The second-order valence-electron chi connectivity index (χ2n) is 4.04. The van der Waals surface area contributed by atoms with Crippen LogP contribution in [0.1, 0.15) is 11.1 Å². The number of halogens is 4. The highest BCUT2D eigenvalue weighted by Gasteiger charge is 2.34. The minimum atomic E-state index is -4.81. The van der Waals surface area contributed by atoms with Crippen molar-refractivity contribution in [3.63, 3.8) is 0 Å². The number of nitrogen functional groups attached to an aromatic ring is 1. The van der Waals surface area contributed by atoms with Gasteiger partial charge in [-0.1, -0.05) is 0 Å². The number of rotatable bonds is 3. The van der Waals surface area contributed by atoms with Gasteiger partial charge in [-0.25, -0.2) is 20.2 Å². The van der Waals surface area contributed by atoms with Gasteiger partial charge in [-0.2, -0.15) is 13.2 Å². The Morgan fingerprint density at radius 2 is 1.95 bits per heavy atom. The molecular weight excluding hydrogens is 292 g/mol. The van der Waals surface area contributed by atoms with E-state index in [1.54, 1.807) is 6.92 Å². The summed E-state index contributed by atoms with van der Waals surface area (Å²) in [6.07, 6.45) is -3.68.